The molecule has 3 aliphatic rings. The van der Waals surface area contributed by atoms with Crippen LogP contribution in [0.2, 0.25) is 0 Å². The Morgan fingerprint density at radius 3 is 2.00 bits per heavy atom. The first kappa shape index (κ1) is 22.4. The number of ether oxygens (including phenoxy) is 1. The normalized spacial score (nSPS) is 26.9. The van der Waals surface area contributed by atoms with Crippen molar-refractivity contribution in [2.24, 2.45) is 17.3 Å². The van der Waals surface area contributed by atoms with Gasteiger partial charge >= 0.3 is 6.18 Å². The van der Waals surface area contributed by atoms with E-state index in [0.717, 1.165) is 45.3 Å². The molecule has 28 heavy (non-hydrogen) atoms. The highest BCUT2D eigenvalue weighted by Gasteiger charge is 2.53. The maximum Gasteiger partial charge on any atom is 0.404 e. The summed E-state index contributed by atoms with van der Waals surface area (Å²) in [5, 5.41) is 0. The predicted octanol–water partition coefficient (Wildman–Crippen LogP) is 4.95. The quantitative estimate of drug-likeness (QED) is 0.623. The Balaban J connectivity index is 1.53. The number of likely N-dealkylation sites (tertiary alicyclic amines) is 2. The van der Waals surface area contributed by atoms with Gasteiger partial charge in [0.1, 0.15) is 6.04 Å². The van der Waals surface area contributed by atoms with Gasteiger partial charge in [-0.25, -0.2) is 0 Å². The van der Waals surface area contributed by atoms with Crippen molar-refractivity contribution < 1.29 is 17.9 Å². The predicted molar refractivity (Wildman–Crippen MR) is 106 cm³/mol. The lowest BCUT2D eigenvalue weighted by Crippen LogP contribution is -2.58. The average Bonchev–Trinajstić information content (AvgIpc) is 2.55. The molecule has 0 aromatic heterocycles. The minimum absolute atomic E-state index is 0.235. The van der Waals surface area contributed by atoms with Crippen LogP contribution in [-0.2, 0) is 4.74 Å². The largest absolute Gasteiger partial charge is 0.404 e. The van der Waals surface area contributed by atoms with Crippen molar-refractivity contribution in [1.29, 1.82) is 0 Å². The van der Waals surface area contributed by atoms with Gasteiger partial charge < -0.3 is 9.64 Å². The van der Waals surface area contributed by atoms with E-state index < -0.39 is 12.2 Å². The molecule has 0 amide bonds. The van der Waals surface area contributed by atoms with Gasteiger partial charge in [-0.2, -0.15) is 13.2 Å². The molecule has 2 aliphatic heterocycles. The van der Waals surface area contributed by atoms with Gasteiger partial charge in [0.15, 0.2) is 0 Å². The SMILES string of the molecule is CC(C)CN1CCC(C(N2CCC3(CC2)CC(OC(C)C)C3)C(F)(F)F)CC1. The molecule has 1 saturated carbocycles. The molecule has 2 saturated heterocycles. The second-order valence-electron chi connectivity index (χ2n) is 10.3. The molecule has 1 unspecified atom stereocenters. The molecule has 6 heteroatoms. The molecule has 0 radical (unpaired) electrons. The minimum Gasteiger partial charge on any atom is -0.376 e. The van der Waals surface area contributed by atoms with Crippen LogP contribution in [0.1, 0.15) is 66.2 Å². The first-order valence-corrected chi connectivity index (χ1v) is 11.3. The summed E-state index contributed by atoms with van der Waals surface area (Å²) in [6.07, 6.45) is 1.61. The summed E-state index contributed by atoms with van der Waals surface area (Å²) < 4.78 is 47.9. The Kier molecular flexibility index (Phi) is 7.03. The molecule has 3 nitrogen and oxygen atoms in total. The monoisotopic (exact) mass is 404 g/mol. The molecule has 3 rings (SSSR count). The van der Waals surface area contributed by atoms with E-state index in [9.17, 15) is 13.2 Å². The molecule has 0 N–H and O–H groups in total. The third-order valence-electron chi connectivity index (χ3n) is 7.08. The van der Waals surface area contributed by atoms with Crippen molar-refractivity contribution in [2.45, 2.75) is 90.6 Å². The number of alkyl halides is 3. The summed E-state index contributed by atoms with van der Waals surface area (Å²) in [6.45, 7) is 12.2. The van der Waals surface area contributed by atoms with Crippen molar-refractivity contribution in [3.63, 3.8) is 0 Å². The van der Waals surface area contributed by atoms with Gasteiger partial charge in [0.05, 0.1) is 12.2 Å². The van der Waals surface area contributed by atoms with Crippen molar-refractivity contribution in [1.82, 2.24) is 9.80 Å². The van der Waals surface area contributed by atoms with Crippen molar-refractivity contribution in [2.75, 3.05) is 32.7 Å². The van der Waals surface area contributed by atoms with E-state index in [1.54, 1.807) is 4.90 Å². The zero-order chi connectivity index (χ0) is 20.5. The Morgan fingerprint density at radius 1 is 0.964 bits per heavy atom. The average molecular weight is 405 g/mol. The van der Waals surface area contributed by atoms with Crippen LogP contribution in [-0.4, -0.2) is 66.9 Å². The Morgan fingerprint density at radius 2 is 1.54 bits per heavy atom. The van der Waals surface area contributed by atoms with E-state index in [-0.39, 0.29) is 17.4 Å². The van der Waals surface area contributed by atoms with E-state index in [1.165, 1.54) is 0 Å². The smallest absolute Gasteiger partial charge is 0.376 e. The maximum atomic E-state index is 14.0. The Bertz CT molecular complexity index is 485. The molecule has 1 atom stereocenters. The number of rotatable bonds is 6. The van der Waals surface area contributed by atoms with Crippen molar-refractivity contribution >= 4 is 0 Å². The topological polar surface area (TPSA) is 15.7 Å². The van der Waals surface area contributed by atoms with Gasteiger partial charge in [-0.3, -0.25) is 4.90 Å². The first-order chi connectivity index (χ1) is 13.1. The summed E-state index contributed by atoms with van der Waals surface area (Å²) in [6, 6.07) is -1.26. The van der Waals surface area contributed by atoms with Crippen molar-refractivity contribution in [3.05, 3.63) is 0 Å². The molecular weight excluding hydrogens is 365 g/mol. The molecule has 0 aromatic rings. The van der Waals surface area contributed by atoms with Crippen LogP contribution < -0.4 is 0 Å². The van der Waals surface area contributed by atoms with E-state index in [1.807, 2.05) is 13.8 Å². The van der Waals surface area contributed by atoms with Gasteiger partial charge in [0.2, 0.25) is 0 Å². The van der Waals surface area contributed by atoms with Crippen LogP contribution in [0.3, 0.4) is 0 Å². The minimum atomic E-state index is -4.13. The van der Waals surface area contributed by atoms with Gasteiger partial charge in [-0.15, -0.1) is 0 Å². The lowest BCUT2D eigenvalue weighted by atomic mass is 9.61. The summed E-state index contributed by atoms with van der Waals surface area (Å²) in [5.74, 6) is 0.315. The van der Waals surface area contributed by atoms with Crippen molar-refractivity contribution in [3.8, 4) is 0 Å². The number of nitrogens with zero attached hydrogens (tertiary/aromatic N) is 2. The third kappa shape index (κ3) is 5.42. The fourth-order valence-electron chi connectivity index (χ4n) is 5.81. The second kappa shape index (κ2) is 8.81. The lowest BCUT2D eigenvalue weighted by Gasteiger charge is -2.54. The first-order valence-electron chi connectivity index (χ1n) is 11.3. The molecule has 1 aliphatic carbocycles. The van der Waals surface area contributed by atoms with Crippen LogP contribution >= 0.6 is 0 Å². The number of halogens is 3. The van der Waals surface area contributed by atoms with Gasteiger partial charge in [0, 0.05) is 6.54 Å². The van der Waals surface area contributed by atoms with Crippen LogP contribution in [0, 0.1) is 17.3 Å². The number of piperidine rings is 2. The Hall–Kier alpha value is -0.330. The zero-order valence-electron chi connectivity index (χ0n) is 18.1. The summed E-state index contributed by atoms with van der Waals surface area (Å²) in [4.78, 5) is 4.10. The van der Waals surface area contributed by atoms with E-state index >= 15 is 0 Å². The highest BCUT2D eigenvalue weighted by atomic mass is 19.4. The fraction of sp³-hybridized carbons (Fsp3) is 1.00. The van der Waals surface area contributed by atoms with E-state index in [0.29, 0.717) is 38.0 Å². The van der Waals surface area contributed by atoms with E-state index in [2.05, 4.69) is 18.7 Å². The summed E-state index contributed by atoms with van der Waals surface area (Å²) >= 11 is 0. The van der Waals surface area contributed by atoms with Gasteiger partial charge in [-0.1, -0.05) is 13.8 Å². The molecule has 164 valence electrons. The van der Waals surface area contributed by atoms with Gasteiger partial charge in [0.25, 0.3) is 0 Å². The maximum absolute atomic E-state index is 14.0. The van der Waals surface area contributed by atoms with Gasteiger partial charge in [-0.05, 0) is 95.8 Å². The number of hydrogen-bond donors (Lipinski definition) is 0. The van der Waals surface area contributed by atoms with Crippen LogP contribution in [0.15, 0.2) is 0 Å². The molecular formula is C22H39F3N2O. The summed E-state index contributed by atoms with van der Waals surface area (Å²) in [7, 11) is 0. The second-order valence-corrected chi connectivity index (χ2v) is 10.3. The zero-order valence-corrected chi connectivity index (χ0v) is 18.1. The van der Waals surface area contributed by atoms with E-state index in [4.69, 9.17) is 4.74 Å². The molecule has 0 bridgehead atoms. The Labute approximate surface area is 169 Å². The molecule has 2 heterocycles. The highest BCUT2D eigenvalue weighted by Crippen LogP contribution is 2.51. The van der Waals surface area contributed by atoms with Crippen LogP contribution in [0.25, 0.3) is 0 Å². The molecule has 0 aromatic carbocycles. The third-order valence-corrected chi connectivity index (χ3v) is 7.08. The number of hydrogen-bond acceptors (Lipinski definition) is 3. The molecule has 3 fully saturated rings. The summed E-state index contributed by atoms with van der Waals surface area (Å²) in [5.41, 5.74) is 0.243. The fourth-order valence-corrected chi connectivity index (χ4v) is 5.81. The standard InChI is InChI=1S/C22H39F3N2O/c1-16(2)15-26-9-5-18(6-10-26)20(22(23,24)25)27-11-7-21(8-12-27)13-19(14-21)28-17(3)4/h16-20H,5-15H2,1-4H3. The highest BCUT2D eigenvalue weighted by molar-refractivity contribution is 5.00. The molecule has 1 spiro atoms. The lowest BCUT2D eigenvalue weighted by molar-refractivity contribution is -0.212. The van der Waals surface area contributed by atoms with Crippen LogP contribution in [0.4, 0.5) is 13.2 Å². The van der Waals surface area contributed by atoms with Crippen LogP contribution in [0.5, 0.6) is 0 Å².